The lowest BCUT2D eigenvalue weighted by atomic mass is 9.76. The standard InChI is InChI=1S/C19H17Cl2NO/c1-22(2)11-13-9-16(12-7-8-17(20)18(21)10-12)14-5-3-4-6-15(14)19(13)23/h3-8,10-11,16H,9H2,1-2H3/t16-/m1/s1. The van der Waals surface area contributed by atoms with Crippen molar-refractivity contribution in [3.8, 4) is 0 Å². The van der Waals surface area contributed by atoms with E-state index in [0.717, 1.165) is 22.3 Å². The number of carbonyl (C=O) groups excluding carboxylic acids is 1. The van der Waals surface area contributed by atoms with Crippen molar-refractivity contribution in [1.29, 1.82) is 0 Å². The summed E-state index contributed by atoms with van der Waals surface area (Å²) in [5.74, 6) is 0.204. The SMILES string of the molecule is CN(C)C=C1C[C@H](c2ccc(Cl)c(Cl)c2)c2ccccc2C1=O. The van der Waals surface area contributed by atoms with Crippen molar-refractivity contribution in [2.24, 2.45) is 0 Å². The Balaban J connectivity index is 2.14. The van der Waals surface area contributed by atoms with Gasteiger partial charge in [0.1, 0.15) is 0 Å². The van der Waals surface area contributed by atoms with Crippen molar-refractivity contribution >= 4 is 29.0 Å². The van der Waals surface area contributed by atoms with E-state index in [1.165, 1.54) is 0 Å². The maximum Gasteiger partial charge on any atom is 0.190 e. The molecule has 0 N–H and O–H groups in total. The third kappa shape index (κ3) is 3.15. The first-order valence-corrected chi connectivity index (χ1v) is 8.18. The first kappa shape index (κ1) is 16.1. The van der Waals surface area contributed by atoms with Crippen LogP contribution in [0.5, 0.6) is 0 Å². The molecule has 2 aromatic rings. The molecule has 1 atom stereocenters. The fourth-order valence-corrected chi connectivity index (χ4v) is 3.36. The maximum atomic E-state index is 12.7. The number of carbonyl (C=O) groups is 1. The molecule has 0 aromatic heterocycles. The molecule has 2 nitrogen and oxygen atoms in total. The minimum absolute atomic E-state index is 0.102. The number of ketones is 1. The van der Waals surface area contributed by atoms with E-state index in [1.807, 2.05) is 67.7 Å². The highest BCUT2D eigenvalue weighted by atomic mass is 35.5. The molecule has 0 spiro atoms. The molecule has 0 heterocycles. The monoisotopic (exact) mass is 345 g/mol. The van der Waals surface area contributed by atoms with Crippen LogP contribution in [0.15, 0.2) is 54.2 Å². The highest BCUT2D eigenvalue weighted by Gasteiger charge is 2.30. The Morgan fingerprint density at radius 3 is 2.52 bits per heavy atom. The van der Waals surface area contributed by atoms with Crippen molar-refractivity contribution < 1.29 is 4.79 Å². The molecule has 0 aliphatic heterocycles. The summed E-state index contributed by atoms with van der Waals surface area (Å²) >= 11 is 12.2. The summed E-state index contributed by atoms with van der Waals surface area (Å²) in [5, 5.41) is 1.08. The Morgan fingerprint density at radius 1 is 1.09 bits per heavy atom. The second-order valence-corrected chi connectivity index (χ2v) is 6.78. The van der Waals surface area contributed by atoms with Crippen LogP contribution in [0.25, 0.3) is 0 Å². The predicted molar refractivity (Wildman–Crippen MR) is 95.5 cm³/mol. The van der Waals surface area contributed by atoms with E-state index in [-0.39, 0.29) is 11.7 Å². The van der Waals surface area contributed by atoms with Crippen LogP contribution in [0.4, 0.5) is 0 Å². The van der Waals surface area contributed by atoms with Gasteiger partial charge in [0.25, 0.3) is 0 Å². The van der Waals surface area contributed by atoms with E-state index in [2.05, 4.69) is 0 Å². The molecule has 0 bridgehead atoms. The number of hydrogen-bond acceptors (Lipinski definition) is 2. The number of fused-ring (bicyclic) bond motifs is 1. The summed E-state index contributed by atoms with van der Waals surface area (Å²) < 4.78 is 0. The van der Waals surface area contributed by atoms with Gasteiger partial charge in [-0.05, 0) is 29.7 Å². The van der Waals surface area contributed by atoms with Gasteiger partial charge in [0, 0.05) is 37.3 Å². The van der Waals surface area contributed by atoms with Gasteiger partial charge in [-0.15, -0.1) is 0 Å². The zero-order valence-electron chi connectivity index (χ0n) is 13.0. The van der Waals surface area contributed by atoms with Crippen molar-refractivity contribution in [1.82, 2.24) is 4.90 Å². The third-order valence-electron chi connectivity index (χ3n) is 4.06. The first-order valence-electron chi connectivity index (χ1n) is 7.43. The average Bonchev–Trinajstić information content (AvgIpc) is 2.52. The van der Waals surface area contributed by atoms with Gasteiger partial charge in [-0.2, -0.15) is 0 Å². The number of halogens is 2. The summed E-state index contributed by atoms with van der Waals surface area (Å²) in [6.07, 6.45) is 2.56. The van der Waals surface area contributed by atoms with Crippen LogP contribution < -0.4 is 0 Å². The normalized spacial score (nSPS) is 18.9. The first-order chi connectivity index (χ1) is 11.0. The number of rotatable bonds is 2. The summed E-state index contributed by atoms with van der Waals surface area (Å²) in [5.41, 5.74) is 3.70. The molecule has 0 amide bonds. The number of hydrogen-bond donors (Lipinski definition) is 0. The number of benzene rings is 2. The molecule has 2 aromatic carbocycles. The van der Waals surface area contributed by atoms with Gasteiger partial charge in [-0.25, -0.2) is 0 Å². The van der Waals surface area contributed by atoms with Crippen LogP contribution in [0.3, 0.4) is 0 Å². The average molecular weight is 346 g/mol. The van der Waals surface area contributed by atoms with Gasteiger partial charge >= 0.3 is 0 Å². The summed E-state index contributed by atoms with van der Waals surface area (Å²) in [6.45, 7) is 0. The zero-order valence-corrected chi connectivity index (χ0v) is 14.5. The van der Waals surface area contributed by atoms with E-state index in [9.17, 15) is 4.79 Å². The zero-order chi connectivity index (χ0) is 16.6. The van der Waals surface area contributed by atoms with Gasteiger partial charge in [-0.1, -0.05) is 53.5 Å². The summed E-state index contributed by atoms with van der Waals surface area (Å²) in [4.78, 5) is 14.6. The van der Waals surface area contributed by atoms with Gasteiger partial charge in [0.05, 0.1) is 10.0 Å². The Kier molecular flexibility index (Phi) is 4.47. The maximum absolute atomic E-state index is 12.7. The summed E-state index contributed by atoms with van der Waals surface area (Å²) in [7, 11) is 3.85. The number of allylic oxidation sites excluding steroid dienone is 1. The van der Waals surface area contributed by atoms with Crippen molar-refractivity contribution in [2.75, 3.05) is 14.1 Å². The highest BCUT2D eigenvalue weighted by Crippen LogP contribution is 2.40. The summed E-state index contributed by atoms with van der Waals surface area (Å²) in [6, 6.07) is 13.5. The van der Waals surface area contributed by atoms with Crippen LogP contribution in [-0.2, 0) is 0 Å². The Bertz CT molecular complexity index is 796. The van der Waals surface area contributed by atoms with Crippen LogP contribution >= 0.6 is 23.2 Å². The second-order valence-electron chi connectivity index (χ2n) is 5.96. The van der Waals surface area contributed by atoms with Gasteiger partial charge in [0.15, 0.2) is 5.78 Å². The van der Waals surface area contributed by atoms with Crippen LogP contribution in [-0.4, -0.2) is 24.8 Å². The lowest BCUT2D eigenvalue weighted by molar-refractivity contribution is 0.102. The van der Waals surface area contributed by atoms with E-state index >= 15 is 0 Å². The molecule has 0 radical (unpaired) electrons. The molecule has 0 fully saturated rings. The van der Waals surface area contributed by atoms with E-state index in [1.54, 1.807) is 0 Å². The van der Waals surface area contributed by atoms with E-state index in [0.29, 0.717) is 16.5 Å². The molecule has 1 aliphatic carbocycles. The smallest absolute Gasteiger partial charge is 0.190 e. The molecule has 23 heavy (non-hydrogen) atoms. The third-order valence-corrected chi connectivity index (χ3v) is 4.80. The van der Waals surface area contributed by atoms with Gasteiger partial charge in [0.2, 0.25) is 0 Å². The molecule has 0 unspecified atom stereocenters. The lowest BCUT2D eigenvalue weighted by Crippen LogP contribution is -2.21. The Hall–Kier alpha value is -1.77. The molecule has 3 rings (SSSR count). The molecule has 118 valence electrons. The van der Waals surface area contributed by atoms with Gasteiger partial charge < -0.3 is 4.90 Å². The topological polar surface area (TPSA) is 20.3 Å². The molecular formula is C19H17Cl2NO. The molecule has 0 saturated carbocycles. The molecule has 1 aliphatic rings. The molecular weight excluding hydrogens is 329 g/mol. The quantitative estimate of drug-likeness (QED) is 0.701. The number of Topliss-reactive ketones (excluding diaryl/α,β-unsaturated/α-hetero) is 1. The predicted octanol–water partition coefficient (Wildman–Crippen LogP) is 5.16. The Labute approximate surface area is 146 Å². The van der Waals surface area contributed by atoms with Crippen molar-refractivity contribution in [2.45, 2.75) is 12.3 Å². The number of nitrogens with zero attached hydrogens (tertiary/aromatic N) is 1. The van der Waals surface area contributed by atoms with Crippen LogP contribution in [0.1, 0.15) is 33.8 Å². The van der Waals surface area contributed by atoms with Crippen LogP contribution in [0.2, 0.25) is 10.0 Å². The minimum atomic E-state index is 0.102. The highest BCUT2D eigenvalue weighted by molar-refractivity contribution is 6.42. The van der Waals surface area contributed by atoms with E-state index in [4.69, 9.17) is 23.2 Å². The van der Waals surface area contributed by atoms with Crippen LogP contribution in [0, 0.1) is 0 Å². The molecule has 0 saturated heterocycles. The Morgan fingerprint density at radius 2 is 1.83 bits per heavy atom. The minimum Gasteiger partial charge on any atom is -0.383 e. The van der Waals surface area contributed by atoms with Crippen molar-refractivity contribution in [3.05, 3.63) is 81.0 Å². The fraction of sp³-hybridized carbons (Fsp3) is 0.211. The van der Waals surface area contributed by atoms with E-state index < -0.39 is 0 Å². The largest absolute Gasteiger partial charge is 0.383 e. The lowest BCUT2D eigenvalue weighted by Gasteiger charge is -2.28. The van der Waals surface area contributed by atoms with Crippen molar-refractivity contribution in [3.63, 3.8) is 0 Å². The second kappa shape index (κ2) is 6.38. The molecule has 4 heteroatoms. The fourth-order valence-electron chi connectivity index (χ4n) is 3.05. The van der Waals surface area contributed by atoms with Gasteiger partial charge in [-0.3, -0.25) is 4.79 Å².